The van der Waals surface area contributed by atoms with Crippen molar-refractivity contribution in [3.63, 3.8) is 0 Å². The van der Waals surface area contributed by atoms with Gasteiger partial charge in [-0.25, -0.2) is 0 Å². The Labute approximate surface area is 119 Å². The number of nitrogens with zero attached hydrogens (tertiary/aromatic N) is 1. The molecule has 1 amide bonds. The number of carbonyl (C=O) groups is 1. The fourth-order valence-corrected chi connectivity index (χ4v) is 2.43. The second-order valence-corrected chi connectivity index (χ2v) is 5.29. The summed E-state index contributed by atoms with van der Waals surface area (Å²) in [7, 11) is 0. The molecule has 1 atom stereocenters. The van der Waals surface area contributed by atoms with Gasteiger partial charge < -0.3 is 9.64 Å². The first-order valence-corrected chi connectivity index (χ1v) is 7.29. The van der Waals surface area contributed by atoms with E-state index in [1.54, 1.807) is 24.3 Å². The van der Waals surface area contributed by atoms with Gasteiger partial charge in [-0.05, 0) is 49.9 Å². The molecule has 0 N–H and O–H groups in total. The molecule has 19 heavy (non-hydrogen) atoms. The summed E-state index contributed by atoms with van der Waals surface area (Å²) in [6.45, 7) is 3.70. The fraction of sp³-hybridized carbons (Fsp3) is 0.533. The van der Waals surface area contributed by atoms with E-state index in [9.17, 15) is 4.79 Å². The third kappa shape index (κ3) is 3.87. The van der Waals surface area contributed by atoms with Crippen molar-refractivity contribution >= 4 is 17.5 Å². The van der Waals surface area contributed by atoms with Crippen molar-refractivity contribution < 1.29 is 9.53 Å². The molecule has 2 rings (SSSR count). The maximum atomic E-state index is 12.4. The summed E-state index contributed by atoms with van der Waals surface area (Å²) in [6, 6.07) is 7.15. The summed E-state index contributed by atoms with van der Waals surface area (Å²) in [5, 5.41) is 0.669. The van der Waals surface area contributed by atoms with Crippen LogP contribution in [0.4, 0.5) is 0 Å². The number of halogens is 1. The fourth-order valence-electron chi connectivity index (χ4n) is 2.30. The van der Waals surface area contributed by atoms with Crippen LogP contribution in [-0.4, -0.2) is 30.0 Å². The molecule has 1 aromatic carbocycles. The smallest absolute Gasteiger partial charge is 0.263 e. The third-order valence-corrected chi connectivity index (χ3v) is 3.66. The second-order valence-electron chi connectivity index (χ2n) is 4.85. The van der Waals surface area contributed by atoms with Gasteiger partial charge >= 0.3 is 0 Å². The quantitative estimate of drug-likeness (QED) is 0.845. The maximum Gasteiger partial charge on any atom is 0.263 e. The van der Waals surface area contributed by atoms with E-state index in [0.29, 0.717) is 17.2 Å². The van der Waals surface area contributed by atoms with Crippen molar-refractivity contribution in [3.8, 4) is 5.75 Å². The zero-order chi connectivity index (χ0) is 13.7. The molecule has 0 bridgehead atoms. The highest BCUT2D eigenvalue weighted by Crippen LogP contribution is 2.19. The van der Waals surface area contributed by atoms with Crippen LogP contribution in [0.15, 0.2) is 24.3 Å². The van der Waals surface area contributed by atoms with Crippen molar-refractivity contribution in [2.75, 3.05) is 13.1 Å². The number of hydrogen-bond donors (Lipinski definition) is 0. The van der Waals surface area contributed by atoms with Crippen LogP contribution in [0.25, 0.3) is 0 Å². The van der Waals surface area contributed by atoms with Crippen molar-refractivity contribution in [1.29, 1.82) is 0 Å². The molecule has 1 saturated heterocycles. The zero-order valence-electron chi connectivity index (χ0n) is 11.3. The predicted molar refractivity (Wildman–Crippen MR) is 76.6 cm³/mol. The van der Waals surface area contributed by atoms with E-state index in [1.165, 1.54) is 6.42 Å². The molecule has 0 aromatic heterocycles. The number of rotatable bonds is 4. The minimum Gasteiger partial charge on any atom is -0.481 e. The lowest BCUT2D eigenvalue weighted by atomic mass is 10.1. The Kier molecular flexibility index (Phi) is 5.08. The molecule has 104 valence electrons. The Bertz CT molecular complexity index is 413. The predicted octanol–water partition coefficient (Wildman–Crippen LogP) is 3.51. The van der Waals surface area contributed by atoms with Gasteiger partial charge in [0.05, 0.1) is 0 Å². The largest absolute Gasteiger partial charge is 0.481 e. The first kappa shape index (κ1) is 14.2. The third-order valence-electron chi connectivity index (χ3n) is 3.41. The van der Waals surface area contributed by atoms with Gasteiger partial charge in [0.25, 0.3) is 5.91 Å². The number of amides is 1. The summed E-state index contributed by atoms with van der Waals surface area (Å²) in [6.07, 6.45) is 3.71. The van der Waals surface area contributed by atoms with Crippen LogP contribution in [0.2, 0.25) is 5.02 Å². The minimum absolute atomic E-state index is 0.108. The van der Waals surface area contributed by atoms with Crippen molar-refractivity contribution in [2.45, 2.75) is 38.7 Å². The first-order valence-electron chi connectivity index (χ1n) is 6.91. The van der Waals surface area contributed by atoms with Crippen LogP contribution in [0, 0.1) is 0 Å². The molecule has 0 spiro atoms. The lowest BCUT2D eigenvalue weighted by molar-refractivity contribution is -0.139. The molecule has 1 aromatic rings. The molecule has 3 nitrogen and oxygen atoms in total. The molecule has 0 radical (unpaired) electrons. The lowest BCUT2D eigenvalue weighted by Crippen LogP contribution is -2.44. The van der Waals surface area contributed by atoms with Gasteiger partial charge in [0, 0.05) is 18.1 Å². The van der Waals surface area contributed by atoms with E-state index in [1.807, 2.05) is 11.8 Å². The van der Waals surface area contributed by atoms with Gasteiger partial charge in [-0.2, -0.15) is 0 Å². The standard InChI is InChI=1S/C15H20ClNO2/c1-2-14(15(18)17-10-4-3-5-11-17)19-13-8-6-12(16)7-9-13/h6-9,14H,2-5,10-11H2,1H3/t14-/m1/s1. The van der Waals surface area contributed by atoms with Gasteiger partial charge in [0.15, 0.2) is 6.10 Å². The highest BCUT2D eigenvalue weighted by atomic mass is 35.5. The van der Waals surface area contributed by atoms with Crippen LogP contribution in [0.5, 0.6) is 5.75 Å². The van der Waals surface area contributed by atoms with E-state index in [-0.39, 0.29) is 12.0 Å². The number of piperidine rings is 1. The number of carbonyl (C=O) groups excluding carboxylic acids is 1. The lowest BCUT2D eigenvalue weighted by Gasteiger charge is -2.30. The molecule has 4 heteroatoms. The molecule has 1 aliphatic heterocycles. The van der Waals surface area contributed by atoms with Crippen LogP contribution in [0.3, 0.4) is 0 Å². The van der Waals surface area contributed by atoms with Gasteiger partial charge in [-0.3, -0.25) is 4.79 Å². The van der Waals surface area contributed by atoms with Gasteiger partial charge in [-0.1, -0.05) is 18.5 Å². The SMILES string of the molecule is CC[C@@H](Oc1ccc(Cl)cc1)C(=O)N1CCCCC1. The van der Waals surface area contributed by atoms with E-state index in [0.717, 1.165) is 25.9 Å². The zero-order valence-corrected chi connectivity index (χ0v) is 12.0. The first-order chi connectivity index (χ1) is 9.20. The van der Waals surface area contributed by atoms with E-state index >= 15 is 0 Å². The van der Waals surface area contributed by atoms with Gasteiger partial charge in [0.1, 0.15) is 5.75 Å². The van der Waals surface area contributed by atoms with Gasteiger partial charge in [0.2, 0.25) is 0 Å². The monoisotopic (exact) mass is 281 g/mol. The average molecular weight is 282 g/mol. The molecule has 1 aliphatic rings. The normalized spacial score (nSPS) is 17.1. The molecule has 0 saturated carbocycles. The molecule has 0 unspecified atom stereocenters. The summed E-state index contributed by atoms with van der Waals surface area (Å²) < 4.78 is 5.78. The highest BCUT2D eigenvalue weighted by molar-refractivity contribution is 6.30. The Morgan fingerprint density at radius 1 is 1.26 bits per heavy atom. The van der Waals surface area contributed by atoms with Crippen molar-refractivity contribution in [2.24, 2.45) is 0 Å². The number of ether oxygens (including phenoxy) is 1. The number of benzene rings is 1. The summed E-state index contributed by atoms with van der Waals surface area (Å²) in [5.74, 6) is 0.804. The van der Waals surface area contributed by atoms with Crippen molar-refractivity contribution in [3.05, 3.63) is 29.3 Å². The van der Waals surface area contributed by atoms with Crippen LogP contribution >= 0.6 is 11.6 Å². The van der Waals surface area contributed by atoms with Crippen LogP contribution in [0.1, 0.15) is 32.6 Å². The molecular weight excluding hydrogens is 262 g/mol. The molecule has 0 aliphatic carbocycles. The average Bonchev–Trinajstić information content (AvgIpc) is 2.47. The highest BCUT2D eigenvalue weighted by Gasteiger charge is 2.25. The van der Waals surface area contributed by atoms with Crippen molar-refractivity contribution in [1.82, 2.24) is 4.90 Å². The van der Waals surface area contributed by atoms with Crippen LogP contribution in [-0.2, 0) is 4.79 Å². The maximum absolute atomic E-state index is 12.4. The summed E-state index contributed by atoms with van der Waals surface area (Å²) >= 11 is 5.84. The molecule has 1 heterocycles. The summed E-state index contributed by atoms with van der Waals surface area (Å²) in [5.41, 5.74) is 0. The van der Waals surface area contributed by atoms with E-state index in [4.69, 9.17) is 16.3 Å². The molecular formula is C15H20ClNO2. The number of hydrogen-bond acceptors (Lipinski definition) is 2. The van der Waals surface area contributed by atoms with E-state index in [2.05, 4.69) is 0 Å². The topological polar surface area (TPSA) is 29.5 Å². The van der Waals surface area contributed by atoms with Crippen LogP contribution < -0.4 is 4.74 Å². The summed E-state index contributed by atoms with van der Waals surface area (Å²) in [4.78, 5) is 14.3. The second kappa shape index (κ2) is 6.80. The Morgan fingerprint density at radius 3 is 2.47 bits per heavy atom. The number of likely N-dealkylation sites (tertiary alicyclic amines) is 1. The Morgan fingerprint density at radius 2 is 1.89 bits per heavy atom. The molecule has 1 fully saturated rings. The van der Waals surface area contributed by atoms with E-state index < -0.39 is 0 Å². The van der Waals surface area contributed by atoms with Gasteiger partial charge in [-0.15, -0.1) is 0 Å². The minimum atomic E-state index is -0.390. The Hall–Kier alpha value is -1.22. The Balaban J connectivity index is 1.98.